The van der Waals surface area contributed by atoms with E-state index in [4.69, 9.17) is 18.9 Å². The highest BCUT2D eigenvalue weighted by Gasteiger charge is 2.42. The molecule has 0 radical (unpaired) electrons. The molecule has 2 aromatic carbocycles. The predicted octanol–water partition coefficient (Wildman–Crippen LogP) is 5.53. The van der Waals surface area contributed by atoms with Gasteiger partial charge in [-0.3, -0.25) is 4.90 Å². The zero-order valence-corrected chi connectivity index (χ0v) is 24.6. The summed E-state index contributed by atoms with van der Waals surface area (Å²) in [5.74, 6) is 1.54. The van der Waals surface area contributed by atoms with Crippen molar-refractivity contribution in [3.05, 3.63) is 59.2 Å². The Morgan fingerprint density at radius 2 is 1.73 bits per heavy atom. The summed E-state index contributed by atoms with van der Waals surface area (Å²) >= 11 is 0. The van der Waals surface area contributed by atoms with Crippen LogP contribution in [0.15, 0.2) is 42.5 Å². The molecule has 2 aliphatic heterocycles. The third kappa shape index (κ3) is 7.08. The first-order chi connectivity index (χ1) is 19.2. The van der Waals surface area contributed by atoms with Crippen LogP contribution in [0, 0.1) is 17.8 Å². The molecule has 4 atom stereocenters. The number of alkyl carbamates (subject to hydrolysis) is 1. The molecule has 0 saturated carbocycles. The first kappa shape index (κ1) is 29.7. The van der Waals surface area contributed by atoms with Crippen molar-refractivity contribution in [2.45, 2.75) is 71.8 Å². The molecule has 0 aromatic heterocycles. The Bertz CT molecular complexity index is 1150. The van der Waals surface area contributed by atoms with Gasteiger partial charge in [-0.15, -0.1) is 0 Å². The van der Waals surface area contributed by atoms with E-state index in [1.165, 1.54) is 11.1 Å². The third-order valence-corrected chi connectivity index (χ3v) is 8.01. The topological polar surface area (TPSA) is 86.3 Å². The first-order valence-electron chi connectivity index (χ1n) is 14.4. The maximum atomic E-state index is 13.5. The summed E-state index contributed by atoms with van der Waals surface area (Å²) in [7, 11) is 3.31. The Kier molecular flexibility index (Phi) is 9.95. The van der Waals surface area contributed by atoms with Crippen LogP contribution in [0.5, 0.6) is 11.5 Å². The number of hydrogen-bond donors (Lipinski definition) is 1. The molecule has 8 nitrogen and oxygen atoms in total. The summed E-state index contributed by atoms with van der Waals surface area (Å²) in [4.78, 5) is 28.7. The van der Waals surface area contributed by atoms with Crippen LogP contribution in [-0.2, 0) is 27.3 Å². The number of nitrogens with one attached hydrogen (secondary N) is 1. The SMILES string of the molecule is COc1cc2c(cc1OC)[C@H]1C[C@@H](OC(=O)C(NC(=O)OCc3ccccc3)C(C)C)[C@H](CC(C)C)CN1CC2. The lowest BCUT2D eigenvalue weighted by Crippen LogP contribution is -2.52. The molecule has 1 N–H and O–H groups in total. The molecule has 2 heterocycles. The molecule has 1 saturated heterocycles. The minimum absolute atomic E-state index is 0.117. The summed E-state index contributed by atoms with van der Waals surface area (Å²) in [6.45, 7) is 10.1. The average Bonchev–Trinajstić information content (AvgIpc) is 2.94. The maximum Gasteiger partial charge on any atom is 0.408 e. The van der Waals surface area contributed by atoms with E-state index in [1.807, 2.05) is 44.2 Å². The van der Waals surface area contributed by atoms with Crippen molar-refractivity contribution in [3.63, 3.8) is 0 Å². The van der Waals surface area contributed by atoms with E-state index < -0.39 is 18.1 Å². The highest BCUT2D eigenvalue weighted by molar-refractivity contribution is 5.81. The number of benzene rings is 2. The van der Waals surface area contributed by atoms with Crippen molar-refractivity contribution < 1.29 is 28.5 Å². The van der Waals surface area contributed by atoms with E-state index in [0.29, 0.717) is 18.1 Å². The van der Waals surface area contributed by atoms with Gasteiger partial charge in [0.25, 0.3) is 0 Å². The fourth-order valence-electron chi connectivity index (χ4n) is 5.99. The summed E-state index contributed by atoms with van der Waals surface area (Å²) in [6, 6.07) is 12.9. The predicted molar refractivity (Wildman–Crippen MR) is 153 cm³/mol. The highest BCUT2D eigenvalue weighted by atomic mass is 16.6. The molecule has 1 unspecified atom stereocenters. The summed E-state index contributed by atoms with van der Waals surface area (Å²) in [6.07, 6.45) is 1.69. The molecule has 8 heteroatoms. The summed E-state index contributed by atoms with van der Waals surface area (Å²) < 4.78 is 22.8. The average molecular weight is 553 g/mol. The molecule has 0 spiro atoms. The van der Waals surface area contributed by atoms with Crippen molar-refractivity contribution in [1.29, 1.82) is 0 Å². The molecular formula is C32H44N2O6. The van der Waals surface area contributed by atoms with Gasteiger partial charge in [-0.25, -0.2) is 9.59 Å². The molecule has 218 valence electrons. The monoisotopic (exact) mass is 552 g/mol. The van der Waals surface area contributed by atoms with E-state index in [-0.39, 0.29) is 30.6 Å². The number of nitrogens with zero attached hydrogens (tertiary/aromatic N) is 1. The highest BCUT2D eigenvalue weighted by Crippen LogP contribution is 2.44. The van der Waals surface area contributed by atoms with Gasteiger partial charge in [0, 0.05) is 31.5 Å². The largest absolute Gasteiger partial charge is 0.493 e. The third-order valence-electron chi connectivity index (χ3n) is 8.01. The Hall–Kier alpha value is -3.26. The first-order valence-corrected chi connectivity index (χ1v) is 14.4. The Labute approximate surface area is 238 Å². The number of rotatable bonds is 10. The normalized spacial score (nSPS) is 21.2. The minimum Gasteiger partial charge on any atom is -0.493 e. The van der Waals surface area contributed by atoms with Gasteiger partial charge < -0.3 is 24.3 Å². The maximum absolute atomic E-state index is 13.5. The van der Waals surface area contributed by atoms with Crippen LogP contribution >= 0.6 is 0 Å². The van der Waals surface area contributed by atoms with Gasteiger partial charge in [-0.05, 0) is 53.5 Å². The number of ether oxygens (including phenoxy) is 4. The molecule has 4 rings (SSSR count). The summed E-state index contributed by atoms with van der Waals surface area (Å²) in [5, 5.41) is 2.75. The van der Waals surface area contributed by atoms with Crippen LogP contribution < -0.4 is 14.8 Å². The summed E-state index contributed by atoms with van der Waals surface area (Å²) in [5.41, 5.74) is 3.33. The number of piperidine rings is 1. The fourth-order valence-corrected chi connectivity index (χ4v) is 5.99. The lowest BCUT2D eigenvalue weighted by Gasteiger charge is -2.47. The quantitative estimate of drug-likeness (QED) is 0.388. The van der Waals surface area contributed by atoms with Crippen molar-refractivity contribution in [1.82, 2.24) is 10.2 Å². The number of esters is 1. The van der Waals surface area contributed by atoms with Gasteiger partial charge in [-0.2, -0.15) is 0 Å². The lowest BCUT2D eigenvalue weighted by molar-refractivity contribution is -0.161. The van der Waals surface area contributed by atoms with Crippen molar-refractivity contribution in [2.75, 3.05) is 27.3 Å². The standard InChI is InChI=1S/C32H44N2O6/c1-20(2)14-24-18-34-13-12-23-15-28(37-5)29(38-6)16-25(23)26(34)17-27(24)40-31(35)30(21(3)4)33-32(36)39-19-22-10-8-7-9-11-22/h7-11,15-16,20-21,24,26-27,30H,12-14,17-19H2,1-6H3,(H,33,36)/t24-,26-,27-,30?/m1/s1. The smallest absolute Gasteiger partial charge is 0.408 e. The molecule has 0 aliphatic carbocycles. The van der Waals surface area contributed by atoms with E-state index in [1.54, 1.807) is 14.2 Å². The van der Waals surface area contributed by atoms with Crippen LogP contribution in [0.1, 0.15) is 63.3 Å². The van der Waals surface area contributed by atoms with Gasteiger partial charge in [0.1, 0.15) is 18.8 Å². The zero-order valence-electron chi connectivity index (χ0n) is 24.6. The van der Waals surface area contributed by atoms with Crippen LogP contribution in [0.4, 0.5) is 4.79 Å². The number of amides is 1. The molecular weight excluding hydrogens is 508 g/mol. The number of methoxy groups -OCH3 is 2. The van der Waals surface area contributed by atoms with Gasteiger partial charge in [0.15, 0.2) is 11.5 Å². The second kappa shape index (κ2) is 13.4. The van der Waals surface area contributed by atoms with E-state index >= 15 is 0 Å². The second-order valence-corrected chi connectivity index (χ2v) is 11.7. The van der Waals surface area contributed by atoms with Crippen molar-refractivity contribution in [3.8, 4) is 11.5 Å². The van der Waals surface area contributed by atoms with Crippen LogP contribution in [0.25, 0.3) is 0 Å². The molecule has 40 heavy (non-hydrogen) atoms. The van der Waals surface area contributed by atoms with Crippen LogP contribution in [0.3, 0.4) is 0 Å². The van der Waals surface area contributed by atoms with Gasteiger partial charge in [0.05, 0.1) is 14.2 Å². The molecule has 2 aliphatic rings. The van der Waals surface area contributed by atoms with Crippen molar-refractivity contribution in [2.24, 2.45) is 17.8 Å². The molecule has 2 aromatic rings. The van der Waals surface area contributed by atoms with Crippen LogP contribution in [0.2, 0.25) is 0 Å². The van der Waals surface area contributed by atoms with Crippen molar-refractivity contribution >= 4 is 12.1 Å². The van der Waals surface area contributed by atoms with E-state index in [0.717, 1.165) is 37.2 Å². The minimum atomic E-state index is -0.802. The Balaban J connectivity index is 1.49. The van der Waals surface area contributed by atoms with Gasteiger partial charge >= 0.3 is 12.1 Å². The number of fused-ring (bicyclic) bond motifs is 3. The number of carbonyl (C=O) groups is 2. The number of carbonyl (C=O) groups excluding carboxylic acids is 2. The second-order valence-electron chi connectivity index (χ2n) is 11.7. The molecule has 0 bridgehead atoms. The number of hydrogen-bond acceptors (Lipinski definition) is 7. The van der Waals surface area contributed by atoms with Gasteiger partial charge in [0.2, 0.25) is 0 Å². The Morgan fingerprint density at radius 3 is 2.38 bits per heavy atom. The van der Waals surface area contributed by atoms with Gasteiger partial charge in [-0.1, -0.05) is 58.0 Å². The Morgan fingerprint density at radius 1 is 1.02 bits per heavy atom. The fraction of sp³-hybridized carbons (Fsp3) is 0.562. The van der Waals surface area contributed by atoms with E-state index in [2.05, 4.69) is 36.2 Å². The van der Waals surface area contributed by atoms with Crippen LogP contribution in [-0.4, -0.2) is 56.4 Å². The molecule has 1 fully saturated rings. The molecule has 1 amide bonds. The zero-order chi connectivity index (χ0) is 28.8. The van der Waals surface area contributed by atoms with E-state index in [9.17, 15) is 9.59 Å². The lowest BCUT2D eigenvalue weighted by atomic mass is 9.79.